The van der Waals surface area contributed by atoms with E-state index in [9.17, 15) is 4.79 Å². The maximum atomic E-state index is 12.2. The Kier molecular flexibility index (Phi) is 5.36. The van der Waals surface area contributed by atoms with Gasteiger partial charge in [-0.2, -0.15) is 0 Å². The van der Waals surface area contributed by atoms with E-state index in [2.05, 4.69) is 31.1 Å². The minimum absolute atomic E-state index is 0.149. The van der Waals surface area contributed by atoms with Crippen molar-refractivity contribution in [2.75, 3.05) is 12.4 Å². The van der Waals surface area contributed by atoms with Gasteiger partial charge in [0.05, 0.1) is 6.54 Å². The summed E-state index contributed by atoms with van der Waals surface area (Å²) in [6, 6.07) is 7.78. The summed E-state index contributed by atoms with van der Waals surface area (Å²) in [5.74, 6) is 0.847. The lowest BCUT2D eigenvalue weighted by molar-refractivity contribution is 0.219. The fourth-order valence-electron chi connectivity index (χ4n) is 2.01. The number of thioether (sulfide) groups is 1. The highest BCUT2D eigenvalue weighted by atomic mass is 32.2. The normalized spacial score (nSPS) is 11.3. The number of imidazole rings is 1. The van der Waals surface area contributed by atoms with Crippen LogP contribution >= 0.6 is 11.8 Å². The summed E-state index contributed by atoms with van der Waals surface area (Å²) in [4.78, 5) is 19.3. The minimum Gasteiger partial charge on any atom is -0.337 e. The standard InChI is InChI=1S/C17H24N4OS/c1-17(2,3)23-14-8-6-13(7-9-14)19-16(22)21(5)12-15-18-10-11-20(15)4/h6-11H,12H2,1-5H3,(H,19,22). The van der Waals surface area contributed by atoms with Crippen molar-refractivity contribution in [3.05, 3.63) is 42.5 Å². The number of urea groups is 1. The molecule has 6 heteroatoms. The van der Waals surface area contributed by atoms with Gasteiger partial charge in [0.25, 0.3) is 0 Å². The van der Waals surface area contributed by atoms with Gasteiger partial charge in [-0.15, -0.1) is 11.8 Å². The molecule has 2 amide bonds. The quantitative estimate of drug-likeness (QED) is 0.862. The zero-order valence-corrected chi connectivity index (χ0v) is 15.1. The highest BCUT2D eigenvalue weighted by Crippen LogP contribution is 2.32. The van der Waals surface area contributed by atoms with Gasteiger partial charge < -0.3 is 14.8 Å². The Bertz CT molecular complexity index is 658. The smallest absolute Gasteiger partial charge is 0.321 e. The lowest BCUT2D eigenvalue weighted by Crippen LogP contribution is -2.31. The largest absolute Gasteiger partial charge is 0.337 e. The Morgan fingerprint density at radius 3 is 2.48 bits per heavy atom. The number of aromatic nitrogens is 2. The maximum absolute atomic E-state index is 12.2. The predicted octanol–water partition coefficient (Wildman–Crippen LogP) is 3.97. The highest BCUT2D eigenvalue weighted by molar-refractivity contribution is 8.00. The first-order valence-corrected chi connectivity index (χ1v) is 8.33. The Morgan fingerprint density at radius 1 is 1.30 bits per heavy atom. The van der Waals surface area contributed by atoms with Crippen LogP contribution in [0.5, 0.6) is 0 Å². The molecule has 5 nitrogen and oxygen atoms in total. The Morgan fingerprint density at radius 2 is 1.96 bits per heavy atom. The molecule has 1 heterocycles. The first kappa shape index (κ1) is 17.4. The average molecular weight is 332 g/mol. The van der Waals surface area contributed by atoms with Gasteiger partial charge in [-0.25, -0.2) is 9.78 Å². The zero-order valence-electron chi connectivity index (χ0n) is 14.3. The summed E-state index contributed by atoms with van der Waals surface area (Å²) < 4.78 is 2.08. The summed E-state index contributed by atoms with van der Waals surface area (Å²) in [6.07, 6.45) is 3.60. The fourth-order valence-corrected chi connectivity index (χ4v) is 2.99. The van der Waals surface area contributed by atoms with E-state index in [1.165, 1.54) is 4.90 Å². The number of aryl methyl sites for hydroxylation is 1. The fraction of sp³-hybridized carbons (Fsp3) is 0.412. The van der Waals surface area contributed by atoms with Crippen molar-refractivity contribution in [3.63, 3.8) is 0 Å². The number of nitrogens with one attached hydrogen (secondary N) is 1. The monoisotopic (exact) mass is 332 g/mol. The molecule has 0 saturated carbocycles. The Balaban J connectivity index is 1.93. The molecule has 0 unspecified atom stereocenters. The van der Waals surface area contributed by atoms with Crippen LogP contribution in [0.4, 0.5) is 10.5 Å². The molecule has 0 atom stereocenters. The first-order valence-electron chi connectivity index (χ1n) is 7.52. The molecule has 0 aliphatic rings. The van der Waals surface area contributed by atoms with Crippen LogP contribution in [0.3, 0.4) is 0 Å². The average Bonchev–Trinajstić information content (AvgIpc) is 2.85. The van der Waals surface area contributed by atoms with Gasteiger partial charge in [0.2, 0.25) is 0 Å². The topological polar surface area (TPSA) is 50.2 Å². The minimum atomic E-state index is -0.149. The van der Waals surface area contributed by atoms with Gasteiger partial charge in [0.1, 0.15) is 5.82 Å². The van der Waals surface area contributed by atoms with Crippen LogP contribution in [0.2, 0.25) is 0 Å². The molecule has 1 aromatic heterocycles. The zero-order chi connectivity index (χ0) is 17.0. The van der Waals surface area contributed by atoms with Crippen LogP contribution in [0.1, 0.15) is 26.6 Å². The molecule has 0 radical (unpaired) electrons. The number of carbonyl (C=O) groups excluding carboxylic acids is 1. The summed E-state index contributed by atoms with van der Waals surface area (Å²) >= 11 is 1.80. The number of rotatable bonds is 4. The van der Waals surface area contributed by atoms with Crippen LogP contribution in [0.15, 0.2) is 41.6 Å². The van der Waals surface area contributed by atoms with Crippen LogP contribution < -0.4 is 5.32 Å². The molecule has 0 saturated heterocycles. The number of nitrogens with zero attached hydrogens (tertiary/aromatic N) is 3. The van der Waals surface area contributed by atoms with Crippen molar-refractivity contribution in [1.29, 1.82) is 0 Å². The molecule has 23 heavy (non-hydrogen) atoms. The predicted molar refractivity (Wildman–Crippen MR) is 95.7 cm³/mol. The number of carbonyl (C=O) groups is 1. The van der Waals surface area contributed by atoms with Crippen molar-refractivity contribution < 1.29 is 4.79 Å². The molecule has 0 aliphatic carbocycles. The number of anilines is 1. The summed E-state index contributed by atoms with van der Waals surface area (Å²) in [5.41, 5.74) is 0.792. The Labute approximate surface area is 142 Å². The van der Waals surface area contributed by atoms with E-state index in [4.69, 9.17) is 0 Å². The van der Waals surface area contributed by atoms with Gasteiger partial charge in [-0.1, -0.05) is 20.8 Å². The molecular weight excluding hydrogens is 308 g/mol. The molecule has 0 spiro atoms. The number of benzene rings is 1. The number of amides is 2. The SMILES string of the molecule is CN(Cc1nccn1C)C(=O)Nc1ccc(SC(C)(C)C)cc1. The van der Waals surface area contributed by atoms with Crippen LogP contribution in [0.25, 0.3) is 0 Å². The van der Waals surface area contributed by atoms with Crippen LogP contribution in [-0.4, -0.2) is 32.3 Å². The van der Waals surface area contributed by atoms with Crippen LogP contribution in [0, 0.1) is 0 Å². The van der Waals surface area contributed by atoms with E-state index in [1.807, 2.05) is 42.1 Å². The second kappa shape index (κ2) is 7.08. The third-order valence-corrected chi connectivity index (χ3v) is 4.30. The van der Waals surface area contributed by atoms with E-state index >= 15 is 0 Å². The molecule has 2 aromatic rings. The highest BCUT2D eigenvalue weighted by Gasteiger charge is 2.13. The molecule has 124 valence electrons. The van der Waals surface area contributed by atoms with Crippen molar-refractivity contribution in [3.8, 4) is 0 Å². The lowest BCUT2D eigenvalue weighted by Gasteiger charge is -2.19. The van der Waals surface area contributed by atoms with E-state index in [0.717, 1.165) is 11.5 Å². The molecular formula is C17H24N4OS. The molecule has 2 rings (SSSR count). The second-order valence-corrected chi connectivity index (χ2v) is 8.38. The molecule has 0 aliphatic heterocycles. The van der Waals surface area contributed by atoms with Crippen LogP contribution in [-0.2, 0) is 13.6 Å². The van der Waals surface area contributed by atoms with Gasteiger partial charge in [0.15, 0.2) is 0 Å². The van der Waals surface area contributed by atoms with E-state index in [-0.39, 0.29) is 10.8 Å². The summed E-state index contributed by atoms with van der Waals surface area (Å²) in [6.45, 7) is 7.01. The molecule has 1 N–H and O–H groups in total. The molecule has 0 fully saturated rings. The summed E-state index contributed by atoms with van der Waals surface area (Å²) in [7, 11) is 3.67. The number of hydrogen-bond donors (Lipinski definition) is 1. The van der Waals surface area contributed by atoms with Gasteiger partial charge in [-0.3, -0.25) is 0 Å². The summed E-state index contributed by atoms with van der Waals surface area (Å²) in [5, 5.41) is 2.90. The molecule has 1 aromatic carbocycles. The number of hydrogen-bond acceptors (Lipinski definition) is 3. The van der Waals surface area contributed by atoms with Gasteiger partial charge in [-0.05, 0) is 24.3 Å². The van der Waals surface area contributed by atoms with Crippen molar-refractivity contribution in [2.24, 2.45) is 7.05 Å². The lowest BCUT2D eigenvalue weighted by atomic mass is 10.3. The van der Waals surface area contributed by atoms with Crippen molar-refractivity contribution in [1.82, 2.24) is 14.5 Å². The van der Waals surface area contributed by atoms with Crippen molar-refractivity contribution >= 4 is 23.5 Å². The van der Waals surface area contributed by atoms with Gasteiger partial charge in [0, 0.05) is 41.8 Å². The third-order valence-electron chi connectivity index (χ3n) is 3.18. The maximum Gasteiger partial charge on any atom is 0.321 e. The first-order chi connectivity index (χ1) is 10.7. The van der Waals surface area contributed by atoms with E-state index in [0.29, 0.717) is 6.54 Å². The van der Waals surface area contributed by atoms with E-state index < -0.39 is 0 Å². The second-order valence-electron chi connectivity index (χ2n) is 6.48. The van der Waals surface area contributed by atoms with Gasteiger partial charge >= 0.3 is 6.03 Å². The third kappa shape index (κ3) is 5.32. The van der Waals surface area contributed by atoms with E-state index in [1.54, 1.807) is 29.9 Å². The molecule has 0 bridgehead atoms. The Hall–Kier alpha value is -1.95. The van der Waals surface area contributed by atoms with Crippen molar-refractivity contribution in [2.45, 2.75) is 37.0 Å².